The molecule has 0 aliphatic heterocycles. The lowest BCUT2D eigenvalue weighted by Crippen LogP contribution is -2.27. The van der Waals surface area contributed by atoms with Gasteiger partial charge in [0, 0.05) is 24.2 Å². The number of aromatic nitrogens is 2. The van der Waals surface area contributed by atoms with Crippen molar-refractivity contribution < 1.29 is 9.50 Å². The van der Waals surface area contributed by atoms with Gasteiger partial charge >= 0.3 is 0 Å². The maximum Gasteiger partial charge on any atom is 0.132 e. The third-order valence-electron chi connectivity index (χ3n) is 4.20. The number of nitrogens with one attached hydrogen (secondary N) is 2. The number of hydrogen-bond donors (Lipinski definition) is 3. The molecule has 2 aromatic rings. The maximum atomic E-state index is 13.9. The Morgan fingerprint density at radius 3 is 2.95 bits per heavy atom. The number of halogens is 1. The van der Waals surface area contributed by atoms with Gasteiger partial charge in [0.1, 0.15) is 5.82 Å². The minimum absolute atomic E-state index is 0.187. The van der Waals surface area contributed by atoms with E-state index in [0.29, 0.717) is 23.7 Å². The SMILES string of the molecule is OC1CCCC1CNCc1cn[nH]c1-c1ccccc1F. The number of rotatable bonds is 5. The Labute approximate surface area is 123 Å². The van der Waals surface area contributed by atoms with E-state index in [1.165, 1.54) is 6.07 Å². The van der Waals surface area contributed by atoms with Gasteiger partial charge in [0.2, 0.25) is 0 Å². The largest absolute Gasteiger partial charge is 0.393 e. The summed E-state index contributed by atoms with van der Waals surface area (Å²) < 4.78 is 13.9. The van der Waals surface area contributed by atoms with E-state index < -0.39 is 0 Å². The quantitative estimate of drug-likeness (QED) is 0.792. The summed E-state index contributed by atoms with van der Waals surface area (Å²) in [6, 6.07) is 6.68. The van der Waals surface area contributed by atoms with E-state index in [-0.39, 0.29) is 11.9 Å². The molecule has 1 saturated carbocycles. The lowest BCUT2D eigenvalue weighted by Gasteiger charge is -2.15. The van der Waals surface area contributed by atoms with Crippen LogP contribution in [0.3, 0.4) is 0 Å². The van der Waals surface area contributed by atoms with E-state index in [4.69, 9.17) is 0 Å². The lowest BCUT2D eigenvalue weighted by molar-refractivity contribution is 0.131. The summed E-state index contributed by atoms with van der Waals surface area (Å²) in [7, 11) is 0. The molecule has 0 saturated heterocycles. The Kier molecular flexibility index (Phi) is 4.31. The molecule has 5 heteroatoms. The van der Waals surface area contributed by atoms with Crippen LogP contribution in [0.2, 0.25) is 0 Å². The van der Waals surface area contributed by atoms with Crippen molar-refractivity contribution in [3.05, 3.63) is 41.8 Å². The van der Waals surface area contributed by atoms with Crippen molar-refractivity contribution in [2.24, 2.45) is 5.92 Å². The first-order valence-corrected chi connectivity index (χ1v) is 7.41. The lowest BCUT2D eigenvalue weighted by atomic mass is 10.1. The molecule has 1 fully saturated rings. The minimum atomic E-state index is -0.255. The summed E-state index contributed by atoms with van der Waals surface area (Å²) in [5.74, 6) is 0.0722. The fraction of sp³-hybridized carbons (Fsp3) is 0.438. The Morgan fingerprint density at radius 1 is 1.33 bits per heavy atom. The number of aliphatic hydroxyl groups excluding tert-OH is 1. The van der Waals surface area contributed by atoms with Gasteiger partial charge in [-0.15, -0.1) is 0 Å². The third kappa shape index (κ3) is 3.14. The topological polar surface area (TPSA) is 60.9 Å². The van der Waals surface area contributed by atoms with Crippen molar-refractivity contribution in [1.29, 1.82) is 0 Å². The maximum absolute atomic E-state index is 13.9. The van der Waals surface area contributed by atoms with E-state index in [9.17, 15) is 9.50 Å². The molecular formula is C16H20FN3O. The molecule has 0 bridgehead atoms. The Bertz CT molecular complexity index is 599. The number of hydrogen-bond acceptors (Lipinski definition) is 3. The summed E-state index contributed by atoms with van der Waals surface area (Å²) in [5, 5.41) is 20.0. The normalized spacial score (nSPS) is 21.8. The fourth-order valence-corrected chi connectivity index (χ4v) is 2.99. The minimum Gasteiger partial charge on any atom is -0.393 e. The average Bonchev–Trinajstić information content (AvgIpc) is 3.09. The van der Waals surface area contributed by atoms with Gasteiger partial charge in [-0.2, -0.15) is 5.10 Å². The zero-order valence-corrected chi connectivity index (χ0v) is 11.8. The summed E-state index contributed by atoms with van der Waals surface area (Å²) in [4.78, 5) is 0. The van der Waals surface area contributed by atoms with Crippen LogP contribution < -0.4 is 5.32 Å². The predicted molar refractivity (Wildman–Crippen MR) is 79.0 cm³/mol. The molecule has 1 aromatic heterocycles. The molecule has 4 nitrogen and oxygen atoms in total. The number of nitrogens with zero attached hydrogens (tertiary/aromatic N) is 1. The van der Waals surface area contributed by atoms with E-state index in [2.05, 4.69) is 15.5 Å². The van der Waals surface area contributed by atoms with Gasteiger partial charge in [-0.1, -0.05) is 18.6 Å². The molecule has 3 rings (SSSR count). The first kappa shape index (κ1) is 14.2. The first-order valence-electron chi connectivity index (χ1n) is 7.41. The average molecular weight is 289 g/mol. The van der Waals surface area contributed by atoms with Crippen LogP contribution in [0.15, 0.2) is 30.5 Å². The molecule has 0 spiro atoms. The van der Waals surface area contributed by atoms with E-state index in [1.807, 2.05) is 6.07 Å². The van der Waals surface area contributed by atoms with Crippen LogP contribution in [-0.4, -0.2) is 28.0 Å². The zero-order valence-electron chi connectivity index (χ0n) is 11.8. The second-order valence-corrected chi connectivity index (χ2v) is 5.64. The summed E-state index contributed by atoms with van der Waals surface area (Å²) in [5.41, 5.74) is 2.19. The molecule has 2 atom stereocenters. The fourth-order valence-electron chi connectivity index (χ4n) is 2.99. The molecular weight excluding hydrogens is 269 g/mol. The molecule has 2 unspecified atom stereocenters. The molecule has 0 radical (unpaired) electrons. The van der Waals surface area contributed by atoms with Crippen LogP contribution in [0, 0.1) is 11.7 Å². The third-order valence-corrected chi connectivity index (χ3v) is 4.20. The molecule has 0 amide bonds. The van der Waals surface area contributed by atoms with Crippen LogP contribution in [0.1, 0.15) is 24.8 Å². The highest BCUT2D eigenvalue weighted by molar-refractivity contribution is 5.63. The number of aliphatic hydroxyl groups is 1. The summed E-state index contributed by atoms with van der Waals surface area (Å²) in [6.45, 7) is 1.40. The highest BCUT2D eigenvalue weighted by atomic mass is 19.1. The van der Waals surface area contributed by atoms with E-state index in [0.717, 1.165) is 31.4 Å². The van der Waals surface area contributed by atoms with Gasteiger partial charge < -0.3 is 10.4 Å². The predicted octanol–water partition coefficient (Wildman–Crippen LogP) is 2.47. The van der Waals surface area contributed by atoms with Gasteiger partial charge in [-0.05, 0) is 30.9 Å². The van der Waals surface area contributed by atoms with Crippen molar-refractivity contribution in [3.63, 3.8) is 0 Å². The van der Waals surface area contributed by atoms with Crippen molar-refractivity contribution in [2.45, 2.75) is 31.9 Å². The highest BCUT2D eigenvalue weighted by Crippen LogP contribution is 2.26. The molecule has 1 aromatic carbocycles. The van der Waals surface area contributed by atoms with Gasteiger partial charge in [-0.3, -0.25) is 5.10 Å². The molecule has 112 valence electrons. The first-order chi connectivity index (χ1) is 10.3. The number of aromatic amines is 1. The van der Waals surface area contributed by atoms with Crippen molar-refractivity contribution in [3.8, 4) is 11.3 Å². The summed E-state index contributed by atoms with van der Waals surface area (Å²) in [6.07, 6.45) is 4.60. The highest BCUT2D eigenvalue weighted by Gasteiger charge is 2.24. The van der Waals surface area contributed by atoms with Gasteiger partial charge in [-0.25, -0.2) is 4.39 Å². The standard InChI is InChI=1S/C16H20FN3O/c17-14-6-2-1-5-13(14)16-12(10-19-20-16)9-18-8-11-4-3-7-15(11)21/h1-2,5-6,10-11,15,18,21H,3-4,7-9H2,(H,19,20). The number of H-pyrrole nitrogens is 1. The Hall–Kier alpha value is -1.72. The molecule has 21 heavy (non-hydrogen) atoms. The second kappa shape index (κ2) is 6.37. The van der Waals surface area contributed by atoms with Crippen molar-refractivity contribution in [2.75, 3.05) is 6.54 Å². The monoisotopic (exact) mass is 289 g/mol. The molecule has 1 aliphatic rings. The van der Waals surface area contributed by atoms with Crippen molar-refractivity contribution in [1.82, 2.24) is 15.5 Å². The van der Waals surface area contributed by atoms with E-state index in [1.54, 1.807) is 18.3 Å². The zero-order chi connectivity index (χ0) is 14.7. The Morgan fingerprint density at radius 2 is 2.19 bits per heavy atom. The van der Waals surface area contributed by atoms with Gasteiger partial charge in [0.15, 0.2) is 0 Å². The summed E-state index contributed by atoms with van der Waals surface area (Å²) >= 11 is 0. The number of benzene rings is 1. The Balaban J connectivity index is 1.65. The second-order valence-electron chi connectivity index (χ2n) is 5.64. The molecule has 1 heterocycles. The van der Waals surface area contributed by atoms with Crippen LogP contribution in [0.25, 0.3) is 11.3 Å². The van der Waals surface area contributed by atoms with Gasteiger partial charge in [0.05, 0.1) is 18.0 Å². The van der Waals surface area contributed by atoms with Crippen LogP contribution in [-0.2, 0) is 6.54 Å². The van der Waals surface area contributed by atoms with Crippen LogP contribution >= 0.6 is 0 Å². The van der Waals surface area contributed by atoms with Crippen molar-refractivity contribution >= 4 is 0 Å². The van der Waals surface area contributed by atoms with Gasteiger partial charge in [0.25, 0.3) is 0 Å². The molecule has 1 aliphatic carbocycles. The van der Waals surface area contributed by atoms with Crippen LogP contribution in [0.5, 0.6) is 0 Å². The van der Waals surface area contributed by atoms with E-state index >= 15 is 0 Å². The molecule has 3 N–H and O–H groups in total. The van der Waals surface area contributed by atoms with Crippen LogP contribution in [0.4, 0.5) is 4.39 Å². The smallest absolute Gasteiger partial charge is 0.132 e.